The Kier molecular flexibility index (Phi) is 7.48. The van der Waals surface area contributed by atoms with E-state index in [4.69, 9.17) is 9.84 Å². The van der Waals surface area contributed by atoms with E-state index in [1.165, 1.54) is 5.56 Å². The van der Waals surface area contributed by atoms with Crippen LogP contribution in [0.25, 0.3) is 0 Å². The van der Waals surface area contributed by atoms with Gasteiger partial charge in [-0.15, -0.1) is 0 Å². The summed E-state index contributed by atoms with van der Waals surface area (Å²) >= 11 is 0. The number of hydrogen-bond donors (Lipinski definition) is 3. The van der Waals surface area contributed by atoms with Gasteiger partial charge in [0.05, 0.1) is 6.10 Å². The molecule has 2 unspecified atom stereocenters. The Balaban J connectivity index is 2.16. The van der Waals surface area contributed by atoms with E-state index in [-0.39, 0.29) is 12.7 Å². The van der Waals surface area contributed by atoms with Crippen LogP contribution >= 0.6 is 0 Å². The first-order valence-corrected chi connectivity index (χ1v) is 6.90. The SMILES string of the molecule is CCc1ccc(OCC(O)CNCCC(C)O)cc1. The van der Waals surface area contributed by atoms with Gasteiger partial charge in [0, 0.05) is 6.54 Å². The van der Waals surface area contributed by atoms with Crippen LogP contribution in [0.2, 0.25) is 0 Å². The number of aryl methyl sites for hydroxylation is 1. The van der Waals surface area contributed by atoms with Gasteiger partial charge in [-0.3, -0.25) is 0 Å². The van der Waals surface area contributed by atoms with Gasteiger partial charge in [-0.2, -0.15) is 0 Å². The molecular weight excluding hydrogens is 242 g/mol. The van der Waals surface area contributed by atoms with Crippen molar-refractivity contribution < 1.29 is 14.9 Å². The molecule has 0 saturated carbocycles. The van der Waals surface area contributed by atoms with E-state index in [0.717, 1.165) is 12.2 Å². The highest BCUT2D eigenvalue weighted by molar-refractivity contribution is 5.27. The molecule has 108 valence electrons. The first-order valence-electron chi connectivity index (χ1n) is 6.90. The van der Waals surface area contributed by atoms with Crippen molar-refractivity contribution >= 4 is 0 Å². The maximum atomic E-state index is 9.73. The second kappa shape index (κ2) is 8.91. The molecule has 0 spiro atoms. The zero-order valence-corrected chi connectivity index (χ0v) is 11.8. The summed E-state index contributed by atoms with van der Waals surface area (Å²) in [6.07, 6.45) is 0.847. The van der Waals surface area contributed by atoms with Crippen LogP contribution in [0.5, 0.6) is 5.75 Å². The Morgan fingerprint density at radius 2 is 1.89 bits per heavy atom. The Morgan fingerprint density at radius 1 is 1.21 bits per heavy atom. The van der Waals surface area contributed by atoms with Crippen LogP contribution in [0.3, 0.4) is 0 Å². The van der Waals surface area contributed by atoms with Gasteiger partial charge < -0.3 is 20.3 Å². The molecule has 0 bridgehead atoms. The summed E-state index contributed by atoms with van der Waals surface area (Å²) in [6, 6.07) is 7.91. The second-order valence-corrected chi connectivity index (χ2v) is 4.80. The van der Waals surface area contributed by atoms with Crippen LogP contribution in [0, 0.1) is 0 Å². The van der Waals surface area contributed by atoms with Crippen LogP contribution in [0.15, 0.2) is 24.3 Å². The largest absolute Gasteiger partial charge is 0.491 e. The molecule has 0 aliphatic rings. The molecule has 0 fully saturated rings. The Bertz CT molecular complexity index is 338. The van der Waals surface area contributed by atoms with Crippen molar-refractivity contribution in [3.8, 4) is 5.75 Å². The third-order valence-electron chi connectivity index (χ3n) is 2.89. The summed E-state index contributed by atoms with van der Waals surface area (Å²) in [5.74, 6) is 0.778. The quantitative estimate of drug-likeness (QED) is 0.591. The Labute approximate surface area is 115 Å². The molecule has 0 amide bonds. The lowest BCUT2D eigenvalue weighted by molar-refractivity contribution is 0.104. The zero-order chi connectivity index (χ0) is 14.1. The smallest absolute Gasteiger partial charge is 0.119 e. The van der Waals surface area contributed by atoms with Crippen LogP contribution in [0.4, 0.5) is 0 Å². The fourth-order valence-corrected chi connectivity index (χ4v) is 1.65. The van der Waals surface area contributed by atoms with Crippen molar-refractivity contribution in [1.82, 2.24) is 5.32 Å². The van der Waals surface area contributed by atoms with Gasteiger partial charge in [-0.05, 0) is 44.0 Å². The van der Waals surface area contributed by atoms with Crippen molar-refractivity contribution in [1.29, 1.82) is 0 Å². The fraction of sp³-hybridized carbons (Fsp3) is 0.600. The van der Waals surface area contributed by atoms with Gasteiger partial charge >= 0.3 is 0 Å². The molecular formula is C15H25NO3. The van der Waals surface area contributed by atoms with Gasteiger partial charge in [0.1, 0.15) is 18.5 Å². The summed E-state index contributed by atoms with van der Waals surface area (Å²) in [6.45, 7) is 5.30. The first-order chi connectivity index (χ1) is 9.11. The molecule has 0 radical (unpaired) electrons. The van der Waals surface area contributed by atoms with Gasteiger partial charge in [0.15, 0.2) is 0 Å². The molecule has 4 nitrogen and oxygen atoms in total. The van der Waals surface area contributed by atoms with Crippen molar-refractivity contribution in [3.63, 3.8) is 0 Å². The molecule has 1 aromatic carbocycles. The summed E-state index contributed by atoms with van der Waals surface area (Å²) in [4.78, 5) is 0. The molecule has 0 saturated heterocycles. The number of rotatable bonds is 9. The Hall–Kier alpha value is -1.10. The minimum atomic E-state index is -0.542. The van der Waals surface area contributed by atoms with E-state index in [1.54, 1.807) is 6.92 Å². The fourth-order valence-electron chi connectivity index (χ4n) is 1.65. The van der Waals surface area contributed by atoms with Gasteiger partial charge in [-0.1, -0.05) is 19.1 Å². The summed E-state index contributed by atoms with van der Waals surface area (Å²) in [5, 5.41) is 21.9. The van der Waals surface area contributed by atoms with E-state index >= 15 is 0 Å². The van der Waals surface area contributed by atoms with Crippen LogP contribution in [0.1, 0.15) is 25.8 Å². The highest BCUT2D eigenvalue weighted by Crippen LogP contribution is 2.12. The molecule has 4 heteroatoms. The topological polar surface area (TPSA) is 61.7 Å². The molecule has 1 aromatic rings. The Morgan fingerprint density at radius 3 is 2.47 bits per heavy atom. The monoisotopic (exact) mass is 267 g/mol. The number of benzene rings is 1. The molecule has 1 rings (SSSR count). The van der Waals surface area contributed by atoms with E-state index in [2.05, 4.69) is 12.2 Å². The first kappa shape index (κ1) is 16.0. The van der Waals surface area contributed by atoms with Crippen LogP contribution < -0.4 is 10.1 Å². The van der Waals surface area contributed by atoms with Crippen molar-refractivity contribution in [3.05, 3.63) is 29.8 Å². The third-order valence-corrected chi connectivity index (χ3v) is 2.89. The van der Waals surface area contributed by atoms with Gasteiger partial charge in [0.2, 0.25) is 0 Å². The van der Waals surface area contributed by atoms with E-state index in [0.29, 0.717) is 19.5 Å². The van der Waals surface area contributed by atoms with Crippen LogP contribution in [-0.4, -0.2) is 42.1 Å². The number of hydrogen-bond acceptors (Lipinski definition) is 4. The maximum Gasteiger partial charge on any atom is 0.119 e. The zero-order valence-electron chi connectivity index (χ0n) is 11.8. The minimum absolute atomic E-state index is 0.271. The molecule has 2 atom stereocenters. The van der Waals surface area contributed by atoms with E-state index in [9.17, 15) is 5.11 Å². The molecule has 3 N–H and O–H groups in total. The molecule has 19 heavy (non-hydrogen) atoms. The normalized spacial score (nSPS) is 14.1. The molecule has 0 aliphatic carbocycles. The summed E-state index contributed by atoms with van der Waals surface area (Å²) in [7, 11) is 0. The van der Waals surface area contributed by atoms with E-state index < -0.39 is 6.10 Å². The maximum absolute atomic E-state index is 9.73. The number of aliphatic hydroxyl groups excluding tert-OH is 2. The highest BCUT2D eigenvalue weighted by Gasteiger charge is 2.05. The standard InChI is InChI=1S/C15H25NO3/c1-3-13-4-6-15(7-5-13)19-11-14(18)10-16-9-8-12(2)17/h4-7,12,14,16-18H,3,8-11H2,1-2H3. The van der Waals surface area contributed by atoms with Crippen molar-refractivity contribution in [2.24, 2.45) is 0 Å². The van der Waals surface area contributed by atoms with Gasteiger partial charge in [0.25, 0.3) is 0 Å². The predicted molar refractivity (Wildman–Crippen MR) is 76.5 cm³/mol. The second-order valence-electron chi connectivity index (χ2n) is 4.80. The van der Waals surface area contributed by atoms with Gasteiger partial charge in [-0.25, -0.2) is 0 Å². The molecule has 0 aliphatic heterocycles. The third kappa shape index (κ3) is 7.15. The summed E-state index contributed by atoms with van der Waals surface area (Å²) < 4.78 is 5.51. The molecule has 0 aromatic heterocycles. The lowest BCUT2D eigenvalue weighted by Gasteiger charge is -2.14. The molecule has 0 heterocycles. The van der Waals surface area contributed by atoms with Crippen LogP contribution in [-0.2, 0) is 6.42 Å². The predicted octanol–water partition coefficient (Wildman–Crippen LogP) is 1.35. The number of ether oxygens (including phenoxy) is 1. The van der Waals surface area contributed by atoms with Crippen molar-refractivity contribution in [2.45, 2.75) is 38.9 Å². The lowest BCUT2D eigenvalue weighted by Crippen LogP contribution is -2.32. The highest BCUT2D eigenvalue weighted by atomic mass is 16.5. The van der Waals surface area contributed by atoms with Crippen molar-refractivity contribution in [2.75, 3.05) is 19.7 Å². The number of nitrogens with one attached hydrogen (secondary N) is 1. The number of aliphatic hydroxyl groups is 2. The average molecular weight is 267 g/mol. The lowest BCUT2D eigenvalue weighted by atomic mass is 10.2. The average Bonchev–Trinajstić information content (AvgIpc) is 2.41. The summed E-state index contributed by atoms with van der Waals surface area (Å²) in [5.41, 5.74) is 1.27. The minimum Gasteiger partial charge on any atom is -0.491 e. The van der Waals surface area contributed by atoms with E-state index in [1.807, 2.05) is 24.3 Å².